The number of carbonyl (C=O) groups is 1. The zero-order chi connectivity index (χ0) is 27.3. The molecule has 2 fully saturated rings. The predicted octanol–water partition coefficient (Wildman–Crippen LogP) is 3.43. The summed E-state index contributed by atoms with van der Waals surface area (Å²) in [5.74, 6) is -0.156. The number of sulfone groups is 1. The van der Waals surface area contributed by atoms with E-state index in [4.69, 9.17) is 15.6 Å². The molecule has 39 heavy (non-hydrogen) atoms. The molecule has 4 aromatic rings. The summed E-state index contributed by atoms with van der Waals surface area (Å²) in [6, 6.07) is 13.4. The van der Waals surface area contributed by atoms with E-state index in [-0.39, 0.29) is 34.7 Å². The fraction of sp³-hybridized carbons (Fsp3) is 0.333. The van der Waals surface area contributed by atoms with Gasteiger partial charge in [-0.2, -0.15) is 9.61 Å². The number of nitrogens with zero attached hydrogens (tertiary/aromatic N) is 5. The number of hydrogen-bond donors (Lipinski definition) is 2. The van der Waals surface area contributed by atoms with Crippen molar-refractivity contribution in [3.8, 4) is 22.4 Å². The van der Waals surface area contributed by atoms with Crippen LogP contribution in [-0.2, 0) is 14.7 Å². The molecule has 2 aliphatic rings. The summed E-state index contributed by atoms with van der Waals surface area (Å²) in [7, 11) is -2.32. The lowest BCUT2D eigenvalue weighted by Gasteiger charge is -2.38. The van der Waals surface area contributed by atoms with Crippen molar-refractivity contribution in [2.45, 2.75) is 48.6 Å². The molecule has 0 aliphatic carbocycles. The minimum Gasteiger partial charge on any atom is -0.382 e. The van der Waals surface area contributed by atoms with Crippen LogP contribution in [0.5, 0.6) is 0 Å². The molecule has 0 unspecified atom stereocenters. The van der Waals surface area contributed by atoms with Gasteiger partial charge in [-0.3, -0.25) is 9.82 Å². The molecule has 1 aromatic carbocycles. The Balaban J connectivity index is 1.42. The van der Waals surface area contributed by atoms with Crippen LogP contribution >= 0.6 is 0 Å². The molecule has 0 saturated carbocycles. The number of fused-ring (bicyclic) bond motifs is 3. The van der Waals surface area contributed by atoms with Gasteiger partial charge in [-0.25, -0.2) is 23.7 Å². The van der Waals surface area contributed by atoms with E-state index in [2.05, 4.69) is 15.6 Å². The Morgan fingerprint density at radius 2 is 1.77 bits per heavy atom. The fourth-order valence-electron chi connectivity index (χ4n) is 6.08. The SMILES string of the molecule is CONC(=O)N1[C@@H]2CC[C@H]1C[C@H](c1nc3c(-c4ccc(-c5ccccc5)nc4)cnn3c(N)c1S(C)(=O)=O)C2. The number of rotatable bonds is 5. The average molecular weight is 548 g/mol. The van der Waals surface area contributed by atoms with Gasteiger partial charge >= 0.3 is 6.03 Å². The van der Waals surface area contributed by atoms with Crippen molar-refractivity contribution in [3.05, 3.63) is 60.6 Å². The maximum Gasteiger partial charge on any atom is 0.341 e. The van der Waals surface area contributed by atoms with Gasteiger partial charge in [0, 0.05) is 47.1 Å². The number of benzene rings is 1. The van der Waals surface area contributed by atoms with E-state index < -0.39 is 9.84 Å². The molecule has 6 rings (SSSR count). The zero-order valence-electron chi connectivity index (χ0n) is 21.6. The van der Waals surface area contributed by atoms with E-state index in [0.29, 0.717) is 29.7 Å². The molecule has 5 heterocycles. The summed E-state index contributed by atoms with van der Waals surface area (Å²) in [6.45, 7) is 0. The molecule has 11 nitrogen and oxygen atoms in total. The summed E-state index contributed by atoms with van der Waals surface area (Å²) in [5, 5.41) is 4.40. The number of nitrogens with two attached hydrogens (primary N) is 1. The van der Waals surface area contributed by atoms with Gasteiger partial charge in [-0.05, 0) is 31.7 Å². The summed E-state index contributed by atoms with van der Waals surface area (Å²) in [5.41, 5.74) is 13.1. The second-order valence-electron chi connectivity index (χ2n) is 10.1. The maximum atomic E-state index is 13.0. The van der Waals surface area contributed by atoms with E-state index in [0.717, 1.165) is 35.9 Å². The molecule has 2 amide bonds. The highest BCUT2D eigenvalue weighted by Crippen LogP contribution is 2.45. The molecule has 3 N–H and O–H groups in total. The largest absolute Gasteiger partial charge is 0.382 e. The second kappa shape index (κ2) is 9.62. The molecule has 2 aliphatic heterocycles. The Bertz CT molecular complexity index is 1640. The molecular formula is C27H29N7O4S. The third-order valence-corrected chi connectivity index (χ3v) is 8.88. The Labute approximate surface area is 225 Å². The number of nitrogens with one attached hydrogen (secondary N) is 1. The number of pyridine rings is 1. The van der Waals surface area contributed by atoms with Crippen LogP contribution in [0.15, 0.2) is 59.8 Å². The predicted molar refractivity (Wildman–Crippen MR) is 145 cm³/mol. The Morgan fingerprint density at radius 3 is 2.38 bits per heavy atom. The number of urea groups is 1. The van der Waals surface area contributed by atoms with Crippen LogP contribution in [0.25, 0.3) is 28.0 Å². The van der Waals surface area contributed by atoms with Crippen LogP contribution < -0.4 is 11.2 Å². The lowest BCUT2D eigenvalue weighted by atomic mass is 9.88. The molecule has 0 radical (unpaired) electrons. The van der Waals surface area contributed by atoms with Crippen molar-refractivity contribution in [2.75, 3.05) is 19.1 Å². The first-order valence-electron chi connectivity index (χ1n) is 12.8. The number of piperidine rings is 1. The number of hydrogen-bond acceptors (Lipinski definition) is 8. The van der Waals surface area contributed by atoms with Crippen LogP contribution in [0.2, 0.25) is 0 Å². The monoisotopic (exact) mass is 547 g/mol. The van der Waals surface area contributed by atoms with Crippen LogP contribution in [-0.4, -0.2) is 64.4 Å². The first-order valence-corrected chi connectivity index (χ1v) is 14.7. The van der Waals surface area contributed by atoms with Crippen molar-refractivity contribution in [2.24, 2.45) is 0 Å². The molecule has 2 bridgehead atoms. The Morgan fingerprint density at radius 1 is 1.05 bits per heavy atom. The highest BCUT2D eigenvalue weighted by atomic mass is 32.2. The van der Waals surface area contributed by atoms with E-state index in [1.54, 1.807) is 12.4 Å². The molecule has 12 heteroatoms. The molecule has 3 atom stereocenters. The fourth-order valence-corrected chi connectivity index (χ4v) is 7.14. The van der Waals surface area contributed by atoms with Gasteiger partial charge in [-0.1, -0.05) is 36.4 Å². The molecule has 0 spiro atoms. The van der Waals surface area contributed by atoms with Gasteiger partial charge < -0.3 is 10.6 Å². The zero-order valence-corrected chi connectivity index (χ0v) is 22.4. The highest BCUT2D eigenvalue weighted by molar-refractivity contribution is 7.91. The van der Waals surface area contributed by atoms with E-state index in [1.807, 2.05) is 47.4 Å². The molecule has 202 valence electrons. The third-order valence-electron chi connectivity index (χ3n) is 7.72. The molecule has 3 aromatic heterocycles. The number of carbonyl (C=O) groups excluding carboxylic acids is 1. The van der Waals surface area contributed by atoms with Crippen LogP contribution in [0.1, 0.15) is 37.3 Å². The van der Waals surface area contributed by atoms with Crippen LogP contribution in [0.4, 0.5) is 10.6 Å². The van der Waals surface area contributed by atoms with Gasteiger partial charge in [0.1, 0.15) is 10.7 Å². The number of aromatic nitrogens is 4. The molecule has 2 saturated heterocycles. The average Bonchev–Trinajstić information content (AvgIpc) is 3.47. The summed E-state index contributed by atoms with van der Waals surface area (Å²) in [6.07, 6.45) is 7.36. The number of hydroxylamine groups is 1. The normalized spacial score (nSPS) is 20.9. The summed E-state index contributed by atoms with van der Waals surface area (Å²) >= 11 is 0. The highest BCUT2D eigenvalue weighted by Gasteiger charge is 2.45. The van der Waals surface area contributed by atoms with Crippen molar-refractivity contribution < 1.29 is 18.0 Å². The quantitative estimate of drug-likeness (QED) is 0.362. The number of amides is 2. The van der Waals surface area contributed by atoms with Crippen molar-refractivity contribution >= 4 is 27.3 Å². The molecular weight excluding hydrogens is 518 g/mol. The first kappa shape index (κ1) is 25.3. The van der Waals surface area contributed by atoms with Crippen LogP contribution in [0.3, 0.4) is 0 Å². The van der Waals surface area contributed by atoms with E-state index >= 15 is 0 Å². The Kier molecular flexibility index (Phi) is 6.23. The van der Waals surface area contributed by atoms with Gasteiger partial charge in [0.05, 0.1) is 24.7 Å². The Hall–Kier alpha value is -4.03. The number of nitrogen functional groups attached to an aromatic ring is 1. The number of anilines is 1. The maximum absolute atomic E-state index is 13.0. The van der Waals surface area contributed by atoms with E-state index in [1.165, 1.54) is 11.6 Å². The lowest BCUT2D eigenvalue weighted by molar-refractivity contribution is 0.0650. The van der Waals surface area contributed by atoms with Gasteiger partial charge in [-0.15, -0.1) is 0 Å². The van der Waals surface area contributed by atoms with Gasteiger partial charge in [0.15, 0.2) is 15.5 Å². The minimum atomic E-state index is -3.72. The van der Waals surface area contributed by atoms with Crippen molar-refractivity contribution in [3.63, 3.8) is 0 Å². The summed E-state index contributed by atoms with van der Waals surface area (Å²) < 4.78 is 27.4. The smallest absolute Gasteiger partial charge is 0.341 e. The second-order valence-corrected chi connectivity index (χ2v) is 12.1. The van der Waals surface area contributed by atoms with E-state index in [9.17, 15) is 13.2 Å². The lowest BCUT2D eigenvalue weighted by Crippen LogP contribution is -2.50. The van der Waals surface area contributed by atoms with Crippen LogP contribution in [0, 0.1) is 0 Å². The van der Waals surface area contributed by atoms with Crippen molar-refractivity contribution in [1.82, 2.24) is 30.0 Å². The standard InChI is InChI=1S/C27H29N7O4S/c1-38-32-27(35)33-19-9-10-20(33)13-18(12-19)23-24(39(2,36)37)25(28)34-26(31-23)21(15-30-34)17-8-11-22(29-14-17)16-6-4-3-5-7-16/h3-8,11,14-15,18-20H,9-10,12-13,28H2,1-2H3,(H,32,35)/t18-,19-,20+. The van der Waals surface area contributed by atoms with Crippen molar-refractivity contribution in [1.29, 1.82) is 0 Å². The minimum absolute atomic E-state index is 0.00129. The third kappa shape index (κ3) is 4.39. The van der Waals surface area contributed by atoms with Gasteiger partial charge in [0.25, 0.3) is 0 Å². The van der Waals surface area contributed by atoms with Gasteiger partial charge in [0.2, 0.25) is 0 Å². The topological polar surface area (TPSA) is 145 Å². The summed E-state index contributed by atoms with van der Waals surface area (Å²) in [4.78, 5) is 28.8. The first-order chi connectivity index (χ1) is 18.8.